The van der Waals surface area contributed by atoms with Gasteiger partial charge in [-0.25, -0.2) is 4.68 Å². The summed E-state index contributed by atoms with van der Waals surface area (Å²) in [5.74, 6) is 0.748. The summed E-state index contributed by atoms with van der Waals surface area (Å²) in [4.78, 5) is 16.9. The van der Waals surface area contributed by atoms with Gasteiger partial charge in [-0.05, 0) is 44.2 Å². The van der Waals surface area contributed by atoms with Crippen molar-refractivity contribution >= 4 is 22.6 Å². The first kappa shape index (κ1) is 18.8. The molecule has 0 unspecified atom stereocenters. The van der Waals surface area contributed by atoms with E-state index in [1.165, 1.54) is 5.56 Å². The van der Waals surface area contributed by atoms with Gasteiger partial charge in [0.2, 0.25) is 5.13 Å². The number of aromatic nitrogens is 5. The van der Waals surface area contributed by atoms with Gasteiger partial charge >= 0.3 is 0 Å². The third kappa shape index (κ3) is 3.85. The van der Waals surface area contributed by atoms with Crippen LogP contribution >= 0.6 is 11.5 Å². The predicted molar refractivity (Wildman–Crippen MR) is 111 cm³/mol. The number of nitrogens with one attached hydrogen (secondary N) is 1. The highest BCUT2D eigenvalue weighted by Crippen LogP contribution is 2.24. The Labute approximate surface area is 171 Å². The average Bonchev–Trinajstić information content (AvgIpc) is 3.35. The number of anilines is 1. The van der Waals surface area contributed by atoms with Gasteiger partial charge in [-0.1, -0.05) is 29.0 Å². The van der Waals surface area contributed by atoms with E-state index in [1.807, 2.05) is 38.1 Å². The second-order valence-corrected chi connectivity index (χ2v) is 7.13. The predicted octanol–water partition coefficient (Wildman–Crippen LogP) is 3.66. The molecule has 0 radical (unpaired) electrons. The molecule has 0 aliphatic carbocycles. The van der Waals surface area contributed by atoms with Crippen LogP contribution in [0, 0.1) is 13.8 Å². The lowest BCUT2D eigenvalue weighted by molar-refractivity contribution is 0.102. The highest BCUT2D eigenvalue weighted by Gasteiger charge is 2.18. The summed E-state index contributed by atoms with van der Waals surface area (Å²) in [7, 11) is 1.56. The Morgan fingerprint density at radius 2 is 1.93 bits per heavy atom. The number of benzene rings is 2. The normalized spacial score (nSPS) is 10.7. The van der Waals surface area contributed by atoms with Gasteiger partial charge in [0.1, 0.15) is 5.75 Å². The monoisotopic (exact) mass is 406 g/mol. The maximum Gasteiger partial charge on any atom is 0.257 e. The smallest absolute Gasteiger partial charge is 0.257 e. The maximum absolute atomic E-state index is 12.5. The van der Waals surface area contributed by atoms with Crippen molar-refractivity contribution in [3.8, 4) is 23.0 Å². The summed E-state index contributed by atoms with van der Waals surface area (Å²) in [5, 5.41) is 11.6. The fraction of sp³-hybridized carbons (Fsp3) is 0.150. The van der Waals surface area contributed by atoms with Crippen molar-refractivity contribution in [1.29, 1.82) is 0 Å². The molecule has 146 valence electrons. The third-order valence-electron chi connectivity index (χ3n) is 4.36. The number of carbonyl (C=O) groups is 1. The Morgan fingerprint density at radius 1 is 1.14 bits per heavy atom. The molecule has 2 aromatic carbocycles. The summed E-state index contributed by atoms with van der Waals surface area (Å²) < 4.78 is 11.2. The number of hydrogen-bond donors (Lipinski definition) is 1. The summed E-state index contributed by atoms with van der Waals surface area (Å²) in [6, 6.07) is 14.9. The highest BCUT2D eigenvalue weighted by molar-refractivity contribution is 7.10. The molecule has 0 atom stereocenters. The van der Waals surface area contributed by atoms with Crippen LogP contribution < -0.4 is 10.1 Å². The number of carbonyl (C=O) groups excluding carboxylic acids is 1. The molecule has 2 heterocycles. The first-order chi connectivity index (χ1) is 14.0. The second kappa shape index (κ2) is 7.80. The van der Waals surface area contributed by atoms with Crippen LogP contribution in [0.3, 0.4) is 0 Å². The van der Waals surface area contributed by atoms with Gasteiger partial charge in [0.15, 0.2) is 11.5 Å². The highest BCUT2D eigenvalue weighted by atomic mass is 32.1. The molecule has 0 saturated heterocycles. The molecule has 2 aromatic heterocycles. The van der Waals surface area contributed by atoms with E-state index < -0.39 is 0 Å². The molecule has 9 heteroatoms. The molecule has 29 heavy (non-hydrogen) atoms. The lowest BCUT2D eigenvalue weighted by Crippen LogP contribution is -2.11. The number of nitrogens with zero attached hydrogens (tertiary/aromatic N) is 5. The van der Waals surface area contributed by atoms with Crippen molar-refractivity contribution < 1.29 is 9.53 Å². The van der Waals surface area contributed by atoms with E-state index in [4.69, 9.17) is 4.74 Å². The Bertz CT molecular complexity index is 1170. The van der Waals surface area contributed by atoms with Crippen LogP contribution in [0.25, 0.3) is 17.2 Å². The van der Waals surface area contributed by atoms with Gasteiger partial charge < -0.3 is 4.74 Å². The lowest BCUT2D eigenvalue weighted by Gasteiger charge is -2.04. The molecule has 4 rings (SSSR count). The van der Waals surface area contributed by atoms with E-state index in [2.05, 4.69) is 25.0 Å². The topological polar surface area (TPSA) is 94.8 Å². The van der Waals surface area contributed by atoms with Gasteiger partial charge in [-0.15, -0.1) is 5.10 Å². The van der Waals surface area contributed by atoms with Crippen LogP contribution in [0.4, 0.5) is 5.13 Å². The molecule has 0 bridgehead atoms. The standard InChI is InChI=1S/C20H18N6O2S/c1-12-7-9-15(10-8-12)26-13(2)17(23-25-26)18-21-20(29-24-18)22-19(27)14-5-4-6-16(11-14)28-3/h4-11H,1-3H3,(H,21,22,24,27). The number of methoxy groups -OCH3 is 1. The number of hydrogen-bond acceptors (Lipinski definition) is 7. The molecule has 8 nitrogen and oxygen atoms in total. The molecule has 1 N–H and O–H groups in total. The maximum atomic E-state index is 12.5. The molecule has 1 amide bonds. The second-order valence-electron chi connectivity index (χ2n) is 6.38. The van der Waals surface area contributed by atoms with Crippen molar-refractivity contribution in [3.63, 3.8) is 0 Å². The van der Waals surface area contributed by atoms with Crippen molar-refractivity contribution in [2.45, 2.75) is 13.8 Å². The summed E-state index contributed by atoms with van der Waals surface area (Å²) in [6.45, 7) is 3.94. The SMILES string of the molecule is COc1cccc(C(=O)Nc2nc(-c3nnn(-c4ccc(C)cc4)c3C)ns2)c1. The molecular weight excluding hydrogens is 388 g/mol. The zero-order valence-electron chi connectivity index (χ0n) is 16.1. The van der Waals surface area contributed by atoms with Crippen LogP contribution in [-0.2, 0) is 0 Å². The molecule has 0 saturated carbocycles. The number of aryl methyl sites for hydroxylation is 1. The fourth-order valence-corrected chi connectivity index (χ4v) is 3.34. The third-order valence-corrected chi connectivity index (χ3v) is 4.99. The van der Waals surface area contributed by atoms with Crippen LogP contribution in [0.1, 0.15) is 21.6 Å². The molecule has 0 spiro atoms. The molecule has 0 aliphatic heterocycles. The van der Waals surface area contributed by atoms with E-state index in [0.29, 0.717) is 28.0 Å². The molecular formula is C20H18N6O2S. The van der Waals surface area contributed by atoms with Gasteiger partial charge in [0.25, 0.3) is 5.91 Å². The quantitative estimate of drug-likeness (QED) is 0.543. The van der Waals surface area contributed by atoms with E-state index in [-0.39, 0.29) is 5.91 Å². The van der Waals surface area contributed by atoms with E-state index >= 15 is 0 Å². The van der Waals surface area contributed by atoms with Crippen molar-refractivity contribution in [2.24, 2.45) is 0 Å². The Hall–Kier alpha value is -3.59. The number of rotatable bonds is 5. The summed E-state index contributed by atoms with van der Waals surface area (Å²) >= 11 is 1.09. The van der Waals surface area contributed by atoms with Gasteiger partial charge in [-0.2, -0.15) is 9.36 Å². The minimum Gasteiger partial charge on any atom is -0.497 e. The van der Waals surface area contributed by atoms with Crippen LogP contribution in [0.5, 0.6) is 5.75 Å². The Morgan fingerprint density at radius 3 is 2.69 bits per heavy atom. The van der Waals surface area contributed by atoms with Crippen molar-refractivity contribution in [1.82, 2.24) is 24.4 Å². The van der Waals surface area contributed by atoms with E-state index in [1.54, 1.807) is 36.1 Å². The van der Waals surface area contributed by atoms with E-state index in [0.717, 1.165) is 22.9 Å². The first-order valence-electron chi connectivity index (χ1n) is 8.84. The Kier molecular flexibility index (Phi) is 5.05. The minimum atomic E-state index is -0.286. The Balaban J connectivity index is 1.55. The minimum absolute atomic E-state index is 0.286. The first-order valence-corrected chi connectivity index (χ1v) is 9.61. The summed E-state index contributed by atoms with van der Waals surface area (Å²) in [5.41, 5.74) is 3.95. The number of ether oxygens (including phenoxy) is 1. The zero-order chi connectivity index (χ0) is 20.4. The lowest BCUT2D eigenvalue weighted by atomic mass is 10.2. The average molecular weight is 406 g/mol. The van der Waals surface area contributed by atoms with Gasteiger partial charge in [-0.3, -0.25) is 10.1 Å². The summed E-state index contributed by atoms with van der Waals surface area (Å²) in [6.07, 6.45) is 0. The molecule has 0 aliphatic rings. The zero-order valence-corrected chi connectivity index (χ0v) is 16.9. The molecule has 4 aromatic rings. The van der Waals surface area contributed by atoms with Crippen LogP contribution in [-0.4, -0.2) is 37.4 Å². The van der Waals surface area contributed by atoms with Crippen molar-refractivity contribution in [3.05, 3.63) is 65.4 Å². The van der Waals surface area contributed by atoms with Gasteiger partial charge in [0, 0.05) is 17.1 Å². The van der Waals surface area contributed by atoms with Crippen LogP contribution in [0.15, 0.2) is 48.5 Å². The molecule has 0 fully saturated rings. The van der Waals surface area contributed by atoms with Crippen LogP contribution in [0.2, 0.25) is 0 Å². The van der Waals surface area contributed by atoms with Gasteiger partial charge in [0.05, 0.1) is 18.5 Å². The number of amides is 1. The fourth-order valence-electron chi connectivity index (χ4n) is 2.77. The largest absolute Gasteiger partial charge is 0.497 e. The van der Waals surface area contributed by atoms with E-state index in [9.17, 15) is 4.79 Å². The van der Waals surface area contributed by atoms with Crippen molar-refractivity contribution in [2.75, 3.05) is 12.4 Å².